The molecule has 2 aliphatic rings. The van der Waals surface area contributed by atoms with Gasteiger partial charge in [-0.3, -0.25) is 9.67 Å². The van der Waals surface area contributed by atoms with Crippen LogP contribution in [-0.4, -0.2) is 58.7 Å². The number of anilines is 1. The molecule has 1 unspecified atom stereocenters. The van der Waals surface area contributed by atoms with Crippen LogP contribution in [-0.2, 0) is 7.05 Å². The molecule has 3 rings (SSSR count). The molecule has 1 aliphatic heterocycles. The van der Waals surface area contributed by atoms with Gasteiger partial charge in [0, 0.05) is 38.9 Å². The van der Waals surface area contributed by atoms with Crippen LogP contribution in [0.3, 0.4) is 0 Å². The molecule has 3 N–H and O–H groups in total. The molecule has 1 aromatic heterocycles. The van der Waals surface area contributed by atoms with E-state index < -0.39 is 5.60 Å². The molecular weight excluding hydrogens is 443 g/mol. The molecule has 7 nitrogen and oxygen atoms in total. The number of nitrogens with zero attached hydrogens (tertiary/aromatic N) is 4. The second kappa shape index (κ2) is 9.77. The van der Waals surface area contributed by atoms with Crippen LogP contribution in [0, 0.1) is 0 Å². The van der Waals surface area contributed by atoms with Crippen molar-refractivity contribution in [1.82, 2.24) is 20.4 Å². The highest BCUT2D eigenvalue weighted by molar-refractivity contribution is 14.0. The normalized spacial score (nSPS) is 22.8. The van der Waals surface area contributed by atoms with E-state index in [1.165, 1.54) is 5.69 Å². The summed E-state index contributed by atoms with van der Waals surface area (Å²) in [5, 5.41) is 21.7. The highest BCUT2D eigenvalue weighted by Gasteiger charge is 2.31. The number of aryl methyl sites for hydroxylation is 1. The molecule has 1 aromatic rings. The van der Waals surface area contributed by atoms with Crippen LogP contribution >= 0.6 is 24.0 Å². The van der Waals surface area contributed by atoms with Gasteiger partial charge in [-0.1, -0.05) is 12.8 Å². The highest BCUT2D eigenvalue weighted by atomic mass is 127. The predicted molar refractivity (Wildman–Crippen MR) is 116 cm³/mol. The maximum Gasteiger partial charge on any atom is 0.191 e. The Kier molecular flexibility index (Phi) is 8.00. The van der Waals surface area contributed by atoms with Crippen molar-refractivity contribution in [3.8, 4) is 0 Å². The second-order valence-corrected chi connectivity index (χ2v) is 7.43. The minimum atomic E-state index is -0.601. The van der Waals surface area contributed by atoms with Gasteiger partial charge in [-0.2, -0.15) is 5.10 Å². The first-order valence-corrected chi connectivity index (χ1v) is 9.59. The summed E-state index contributed by atoms with van der Waals surface area (Å²) in [6, 6.07) is 0.352. The third-order valence-electron chi connectivity index (χ3n) is 5.23. The second-order valence-electron chi connectivity index (χ2n) is 7.43. The van der Waals surface area contributed by atoms with E-state index in [0.29, 0.717) is 12.6 Å². The molecule has 0 bridgehead atoms. The van der Waals surface area contributed by atoms with Gasteiger partial charge in [-0.25, -0.2) is 0 Å². The van der Waals surface area contributed by atoms with Gasteiger partial charge in [0.15, 0.2) is 5.96 Å². The number of aromatic nitrogens is 2. The number of halogens is 1. The summed E-state index contributed by atoms with van der Waals surface area (Å²) in [4.78, 5) is 7.05. The molecule has 1 aliphatic carbocycles. The number of aliphatic hydroxyl groups is 1. The fourth-order valence-electron chi connectivity index (χ4n) is 3.83. The summed E-state index contributed by atoms with van der Waals surface area (Å²) in [6.07, 6.45) is 10.2. The number of hydrogen-bond acceptors (Lipinski definition) is 4. The van der Waals surface area contributed by atoms with Crippen molar-refractivity contribution in [1.29, 1.82) is 0 Å². The Morgan fingerprint density at radius 3 is 2.81 bits per heavy atom. The summed E-state index contributed by atoms with van der Waals surface area (Å²) >= 11 is 0. The van der Waals surface area contributed by atoms with E-state index in [9.17, 15) is 5.11 Å². The van der Waals surface area contributed by atoms with Gasteiger partial charge in [0.25, 0.3) is 0 Å². The lowest BCUT2D eigenvalue weighted by Gasteiger charge is -2.34. The predicted octanol–water partition coefficient (Wildman–Crippen LogP) is 1.87. The summed E-state index contributed by atoms with van der Waals surface area (Å²) < 4.78 is 1.85. The first kappa shape index (κ1) is 21.3. The largest absolute Gasteiger partial charge is 0.388 e. The third kappa shape index (κ3) is 5.73. The van der Waals surface area contributed by atoms with E-state index >= 15 is 0 Å². The van der Waals surface area contributed by atoms with E-state index in [1.807, 2.05) is 17.9 Å². The lowest BCUT2D eigenvalue weighted by atomic mass is 10.0. The van der Waals surface area contributed by atoms with E-state index in [2.05, 4.69) is 38.7 Å². The minimum absolute atomic E-state index is 0. The molecule has 0 aromatic carbocycles. The monoisotopic (exact) mass is 476 g/mol. The number of nitrogens with one attached hydrogen (secondary N) is 2. The first-order chi connectivity index (χ1) is 12.1. The molecule has 148 valence electrons. The van der Waals surface area contributed by atoms with Crippen LogP contribution in [0.1, 0.15) is 45.4 Å². The van der Waals surface area contributed by atoms with Crippen molar-refractivity contribution in [2.75, 3.05) is 31.1 Å². The molecule has 0 spiro atoms. The van der Waals surface area contributed by atoms with E-state index in [1.54, 1.807) is 0 Å². The Morgan fingerprint density at radius 2 is 2.15 bits per heavy atom. The van der Waals surface area contributed by atoms with E-state index in [-0.39, 0.29) is 24.0 Å². The number of hydrogen-bond donors (Lipinski definition) is 3. The average molecular weight is 476 g/mol. The van der Waals surface area contributed by atoms with Gasteiger partial charge in [-0.15, -0.1) is 24.0 Å². The van der Waals surface area contributed by atoms with Crippen molar-refractivity contribution < 1.29 is 5.11 Å². The Balaban J connectivity index is 0.00000243. The van der Waals surface area contributed by atoms with Crippen LogP contribution < -0.4 is 15.5 Å². The Hall–Kier alpha value is -1.03. The van der Waals surface area contributed by atoms with Crippen LogP contribution in [0.25, 0.3) is 0 Å². The van der Waals surface area contributed by atoms with Crippen molar-refractivity contribution >= 4 is 35.6 Å². The van der Waals surface area contributed by atoms with Gasteiger partial charge >= 0.3 is 0 Å². The standard InChI is InChI=1S/C18H32N6O.HI/c1-3-19-17(20-14-18(25)8-4-5-9-18)22-15-7-6-10-24(12-15)16-11-21-23(2)13-16;/h11,13,15,25H,3-10,12,14H2,1-2H3,(H2,19,20,22);1H. The van der Waals surface area contributed by atoms with Crippen molar-refractivity contribution in [2.24, 2.45) is 12.0 Å². The number of guanidine groups is 1. The Morgan fingerprint density at radius 1 is 1.38 bits per heavy atom. The van der Waals surface area contributed by atoms with Crippen molar-refractivity contribution in [3.05, 3.63) is 12.4 Å². The summed E-state index contributed by atoms with van der Waals surface area (Å²) in [5.74, 6) is 0.820. The quantitative estimate of drug-likeness (QED) is 0.344. The smallest absolute Gasteiger partial charge is 0.191 e. The molecule has 0 radical (unpaired) electrons. The SMILES string of the molecule is CCNC(=NCC1(O)CCCC1)NC1CCCN(c2cnn(C)c2)C1.I. The molecule has 1 atom stereocenters. The third-order valence-corrected chi connectivity index (χ3v) is 5.23. The van der Waals surface area contributed by atoms with E-state index in [4.69, 9.17) is 0 Å². The van der Waals surface area contributed by atoms with Gasteiger partial charge in [-0.05, 0) is 32.6 Å². The summed E-state index contributed by atoms with van der Waals surface area (Å²) in [7, 11) is 1.95. The molecule has 2 fully saturated rings. The maximum absolute atomic E-state index is 10.5. The lowest BCUT2D eigenvalue weighted by molar-refractivity contribution is 0.0574. The van der Waals surface area contributed by atoms with Crippen LogP contribution in [0.4, 0.5) is 5.69 Å². The molecule has 26 heavy (non-hydrogen) atoms. The molecule has 0 amide bonds. The van der Waals surface area contributed by atoms with Gasteiger partial charge in [0.2, 0.25) is 0 Å². The van der Waals surface area contributed by atoms with E-state index in [0.717, 1.165) is 64.1 Å². The molecule has 2 heterocycles. The number of piperidine rings is 1. The van der Waals surface area contributed by atoms with Gasteiger partial charge in [0.1, 0.15) is 0 Å². The van der Waals surface area contributed by atoms with Crippen molar-refractivity contribution in [3.63, 3.8) is 0 Å². The average Bonchev–Trinajstić information content (AvgIpc) is 3.22. The molecular formula is C18H33IN6O. The Labute approximate surface area is 173 Å². The zero-order valence-corrected chi connectivity index (χ0v) is 18.3. The maximum atomic E-state index is 10.5. The fraction of sp³-hybridized carbons (Fsp3) is 0.778. The number of aliphatic imine (C=N–C) groups is 1. The topological polar surface area (TPSA) is 77.7 Å². The zero-order chi connectivity index (χ0) is 17.7. The Bertz CT molecular complexity index is 584. The van der Waals surface area contributed by atoms with Gasteiger partial charge < -0.3 is 20.6 Å². The highest BCUT2D eigenvalue weighted by Crippen LogP contribution is 2.29. The van der Waals surface area contributed by atoms with Crippen LogP contribution in [0.2, 0.25) is 0 Å². The van der Waals surface area contributed by atoms with Crippen LogP contribution in [0.5, 0.6) is 0 Å². The van der Waals surface area contributed by atoms with Crippen LogP contribution in [0.15, 0.2) is 17.4 Å². The molecule has 1 saturated carbocycles. The minimum Gasteiger partial charge on any atom is -0.388 e. The summed E-state index contributed by atoms with van der Waals surface area (Å²) in [6.45, 7) is 5.40. The summed E-state index contributed by atoms with van der Waals surface area (Å²) in [5.41, 5.74) is 0.577. The zero-order valence-electron chi connectivity index (χ0n) is 15.9. The van der Waals surface area contributed by atoms with Gasteiger partial charge in [0.05, 0.1) is 24.0 Å². The number of rotatable bonds is 5. The fourth-order valence-corrected chi connectivity index (χ4v) is 3.83. The lowest BCUT2D eigenvalue weighted by Crippen LogP contribution is -2.51. The molecule has 8 heteroatoms. The first-order valence-electron chi connectivity index (χ1n) is 9.59. The van der Waals surface area contributed by atoms with Crippen molar-refractivity contribution in [2.45, 2.75) is 57.1 Å². The molecule has 1 saturated heterocycles.